The van der Waals surface area contributed by atoms with Crippen molar-refractivity contribution in [1.29, 1.82) is 0 Å². The molecule has 1 aliphatic heterocycles. The minimum Gasteiger partial charge on any atom is -0.494 e. The molecule has 9 heteroatoms. The highest BCUT2D eigenvalue weighted by atomic mass is 35.5. The zero-order valence-corrected chi connectivity index (χ0v) is 20.3. The minimum atomic E-state index is -0.425. The van der Waals surface area contributed by atoms with Crippen molar-refractivity contribution in [3.05, 3.63) is 70.6 Å². The summed E-state index contributed by atoms with van der Waals surface area (Å²) < 4.78 is 21.0. The molecule has 1 fully saturated rings. The number of benzene rings is 2. The molecule has 0 bridgehead atoms. The van der Waals surface area contributed by atoms with Crippen molar-refractivity contribution < 1.29 is 13.9 Å². The maximum absolute atomic E-state index is 13.5. The Balaban J connectivity index is 1.24. The number of aromatic nitrogens is 2. The van der Waals surface area contributed by atoms with Crippen molar-refractivity contribution in [3.8, 4) is 17.0 Å². The molecular formula is C25H24ClFN4O2S. The van der Waals surface area contributed by atoms with E-state index < -0.39 is 5.82 Å². The van der Waals surface area contributed by atoms with Gasteiger partial charge in [-0.1, -0.05) is 11.6 Å². The predicted molar refractivity (Wildman–Crippen MR) is 134 cm³/mol. The predicted octanol–water partition coefficient (Wildman–Crippen LogP) is 5.15. The standard InChI is InChI=1S/C25H24ClFN4O2S/c1-2-33-20-6-3-17(4-7-20)23-15-31-19(16-34-25(31)28-23)14-24(32)30-11-9-29(10-12-30)18-5-8-22(27)21(26)13-18/h3-8,13,15-16H,2,9-12,14H2,1H3. The zero-order valence-electron chi connectivity index (χ0n) is 18.7. The third-order valence-corrected chi connectivity index (χ3v) is 7.16. The van der Waals surface area contributed by atoms with Crippen LogP contribution in [0.4, 0.5) is 10.1 Å². The molecule has 1 aliphatic rings. The van der Waals surface area contributed by atoms with Crippen LogP contribution in [-0.4, -0.2) is 53.0 Å². The van der Waals surface area contributed by atoms with E-state index in [2.05, 4.69) is 4.90 Å². The summed E-state index contributed by atoms with van der Waals surface area (Å²) in [5.74, 6) is 0.500. The highest BCUT2D eigenvalue weighted by molar-refractivity contribution is 7.15. The summed E-state index contributed by atoms with van der Waals surface area (Å²) in [4.78, 5) is 22.6. The summed E-state index contributed by atoms with van der Waals surface area (Å²) in [6.07, 6.45) is 2.31. The fraction of sp³-hybridized carbons (Fsp3) is 0.280. The summed E-state index contributed by atoms with van der Waals surface area (Å²) in [5.41, 5.74) is 3.68. The number of fused-ring (bicyclic) bond motifs is 1. The van der Waals surface area contributed by atoms with E-state index in [9.17, 15) is 9.18 Å². The number of hydrogen-bond donors (Lipinski definition) is 0. The molecule has 0 saturated carbocycles. The number of hydrogen-bond acceptors (Lipinski definition) is 5. The SMILES string of the molecule is CCOc1ccc(-c2cn3c(CC(=O)N4CCN(c5ccc(F)c(Cl)c5)CC4)csc3n2)cc1. The van der Waals surface area contributed by atoms with Crippen molar-refractivity contribution in [2.75, 3.05) is 37.7 Å². The summed E-state index contributed by atoms with van der Waals surface area (Å²) in [7, 11) is 0. The number of carbonyl (C=O) groups excluding carboxylic acids is 1. The number of imidazole rings is 1. The van der Waals surface area contributed by atoms with Gasteiger partial charge in [-0.05, 0) is 49.4 Å². The van der Waals surface area contributed by atoms with Gasteiger partial charge in [0.2, 0.25) is 5.91 Å². The molecule has 2 aromatic carbocycles. The van der Waals surface area contributed by atoms with Crippen LogP contribution in [0.1, 0.15) is 12.6 Å². The molecule has 0 aliphatic carbocycles. The number of piperazine rings is 1. The molecule has 1 saturated heterocycles. The third-order valence-electron chi connectivity index (χ3n) is 5.98. The van der Waals surface area contributed by atoms with Crippen LogP contribution in [-0.2, 0) is 11.2 Å². The highest BCUT2D eigenvalue weighted by Crippen LogP contribution is 2.27. The van der Waals surface area contributed by atoms with Crippen LogP contribution >= 0.6 is 22.9 Å². The fourth-order valence-corrected chi connectivity index (χ4v) is 5.19. The maximum Gasteiger partial charge on any atom is 0.228 e. The van der Waals surface area contributed by atoms with Gasteiger partial charge < -0.3 is 14.5 Å². The van der Waals surface area contributed by atoms with Gasteiger partial charge in [0, 0.05) is 54.7 Å². The van der Waals surface area contributed by atoms with E-state index in [0.29, 0.717) is 39.2 Å². The van der Waals surface area contributed by atoms with Gasteiger partial charge in [0.1, 0.15) is 11.6 Å². The van der Waals surface area contributed by atoms with Crippen molar-refractivity contribution in [3.63, 3.8) is 0 Å². The van der Waals surface area contributed by atoms with Crippen LogP contribution in [0.5, 0.6) is 5.75 Å². The van der Waals surface area contributed by atoms with Gasteiger partial charge in [0.15, 0.2) is 4.96 Å². The Labute approximate surface area is 206 Å². The molecule has 0 atom stereocenters. The quantitative estimate of drug-likeness (QED) is 0.369. The lowest BCUT2D eigenvalue weighted by Gasteiger charge is -2.36. The number of rotatable bonds is 6. The van der Waals surface area contributed by atoms with Crippen LogP contribution < -0.4 is 9.64 Å². The second-order valence-corrected chi connectivity index (χ2v) is 9.35. The Morgan fingerprint density at radius 1 is 1.15 bits per heavy atom. The number of amides is 1. The highest BCUT2D eigenvalue weighted by Gasteiger charge is 2.23. The molecule has 1 amide bonds. The van der Waals surface area contributed by atoms with E-state index in [0.717, 1.165) is 33.3 Å². The van der Waals surface area contributed by atoms with Crippen LogP contribution in [0, 0.1) is 5.82 Å². The Morgan fingerprint density at radius 3 is 2.62 bits per heavy atom. The van der Waals surface area contributed by atoms with E-state index in [4.69, 9.17) is 21.3 Å². The number of halogens is 2. The summed E-state index contributed by atoms with van der Waals surface area (Å²) >= 11 is 7.46. The molecular weight excluding hydrogens is 475 g/mol. The molecule has 34 heavy (non-hydrogen) atoms. The lowest BCUT2D eigenvalue weighted by Crippen LogP contribution is -2.49. The molecule has 3 heterocycles. The lowest BCUT2D eigenvalue weighted by molar-refractivity contribution is -0.130. The number of ether oxygens (including phenoxy) is 1. The molecule has 2 aromatic heterocycles. The van der Waals surface area contributed by atoms with Crippen molar-refractivity contribution >= 4 is 39.5 Å². The first-order valence-corrected chi connectivity index (χ1v) is 12.4. The van der Waals surface area contributed by atoms with Gasteiger partial charge in [-0.15, -0.1) is 11.3 Å². The summed E-state index contributed by atoms with van der Waals surface area (Å²) in [6.45, 7) is 5.18. The zero-order chi connectivity index (χ0) is 23.7. The van der Waals surface area contributed by atoms with E-state index in [1.54, 1.807) is 12.1 Å². The Bertz CT molecular complexity index is 1310. The van der Waals surface area contributed by atoms with Gasteiger partial charge in [-0.3, -0.25) is 9.20 Å². The lowest BCUT2D eigenvalue weighted by atomic mass is 10.1. The summed E-state index contributed by atoms with van der Waals surface area (Å²) in [6, 6.07) is 12.6. The van der Waals surface area contributed by atoms with Crippen LogP contribution in [0.3, 0.4) is 0 Å². The molecule has 176 valence electrons. The second kappa shape index (κ2) is 9.64. The van der Waals surface area contributed by atoms with Crippen LogP contribution in [0.2, 0.25) is 5.02 Å². The molecule has 6 nitrogen and oxygen atoms in total. The molecule has 0 unspecified atom stereocenters. The largest absolute Gasteiger partial charge is 0.494 e. The van der Waals surface area contributed by atoms with Crippen LogP contribution in [0.25, 0.3) is 16.2 Å². The van der Waals surface area contributed by atoms with E-state index in [1.165, 1.54) is 17.4 Å². The average molecular weight is 499 g/mol. The normalized spacial score (nSPS) is 14.1. The smallest absolute Gasteiger partial charge is 0.228 e. The number of anilines is 1. The summed E-state index contributed by atoms with van der Waals surface area (Å²) in [5, 5.41) is 2.11. The van der Waals surface area contributed by atoms with Gasteiger partial charge in [0.05, 0.1) is 23.7 Å². The van der Waals surface area contributed by atoms with Crippen molar-refractivity contribution in [2.24, 2.45) is 0 Å². The van der Waals surface area contributed by atoms with Gasteiger partial charge in [-0.25, -0.2) is 9.37 Å². The number of carbonyl (C=O) groups is 1. The van der Waals surface area contributed by atoms with Gasteiger partial charge in [-0.2, -0.15) is 0 Å². The molecule has 0 radical (unpaired) electrons. The first-order valence-electron chi connectivity index (χ1n) is 11.2. The van der Waals surface area contributed by atoms with Gasteiger partial charge in [0.25, 0.3) is 0 Å². The third kappa shape index (κ3) is 4.60. The Morgan fingerprint density at radius 2 is 1.91 bits per heavy atom. The topological polar surface area (TPSA) is 50.1 Å². The Hall–Kier alpha value is -3.10. The Kier molecular flexibility index (Phi) is 6.43. The number of nitrogens with zero attached hydrogens (tertiary/aromatic N) is 4. The van der Waals surface area contributed by atoms with Crippen LogP contribution in [0.15, 0.2) is 54.0 Å². The van der Waals surface area contributed by atoms with Gasteiger partial charge >= 0.3 is 0 Å². The number of thiazole rings is 1. The van der Waals surface area contributed by atoms with E-state index >= 15 is 0 Å². The van der Waals surface area contributed by atoms with Crippen molar-refractivity contribution in [2.45, 2.75) is 13.3 Å². The van der Waals surface area contributed by atoms with Crippen molar-refractivity contribution in [1.82, 2.24) is 14.3 Å². The fourth-order valence-electron chi connectivity index (χ4n) is 4.15. The minimum absolute atomic E-state index is 0.0906. The van der Waals surface area contributed by atoms with E-state index in [-0.39, 0.29) is 10.9 Å². The molecule has 4 aromatic rings. The maximum atomic E-state index is 13.5. The first-order chi connectivity index (χ1) is 16.5. The second-order valence-electron chi connectivity index (χ2n) is 8.11. The molecule has 5 rings (SSSR count). The molecule has 0 spiro atoms. The average Bonchev–Trinajstić information content (AvgIpc) is 3.44. The molecule has 0 N–H and O–H groups in total. The monoisotopic (exact) mass is 498 g/mol. The first kappa shape index (κ1) is 22.7. The van der Waals surface area contributed by atoms with E-state index in [1.807, 2.05) is 52.1 Å².